The van der Waals surface area contributed by atoms with Crippen molar-refractivity contribution in [3.8, 4) is 0 Å². The van der Waals surface area contributed by atoms with Crippen molar-refractivity contribution >= 4 is 23.2 Å². The number of benzene rings is 1. The first-order valence-corrected chi connectivity index (χ1v) is 5.62. The molecule has 1 amide bonds. The Morgan fingerprint density at radius 1 is 1.39 bits per heavy atom. The Kier molecular flexibility index (Phi) is 3.25. The molecule has 18 heavy (non-hydrogen) atoms. The SMILES string of the molecule is NC1CCN(c2ccc(C(F)(F)F)cc2Cl)C1=O. The van der Waals surface area contributed by atoms with Crippen LogP contribution in [0.25, 0.3) is 0 Å². The van der Waals surface area contributed by atoms with Gasteiger partial charge in [0.15, 0.2) is 0 Å². The molecule has 7 heteroatoms. The molecular formula is C11H10ClF3N2O. The average molecular weight is 279 g/mol. The zero-order valence-electron chi connectivity index (χ0n) is 9.17. The molecule has 1 unspecified atom stereocenters. The zero-order chi connectivity index (χ0) is 13.5. The van der Waals surface area contributed by atoms with E-state index in [0.717, 1.165) is 12.1 Å². The highest BCUT2D eigenvalue weighted by atomic mass is 35.5. The lowest BCUT2D eigenvalue weighted by Gasteiger charge is -2.18. The number of hydrogen-bond donors (Lipinski definition) is 1. The highest BCUT2D eigenvalue weighted by Gasteiger charge is 2.34. The fourth-order valence-corrected chi connectivity index (χ4v) is 2.13. The van der Waals surface area contributed by atoms with Crippen molar-refractivity contribution in [3.63, 3.8) is 0 Å². The number of nitrogens with two attached hydrogens (primary N) is 1. The first-order valence-electron chi connectivity index (χ1n) is 5.24. The third-order valence-corrected chi connectivity index (χ3v) is 3.12. The molecule has 1 heterocycles. The molecule has 0 spiro atoms. The maximum absolute atomic E-state index is 12.5. The van der Waals surface area contributed by atoms with E-state index in [2.05, 4.69) is 0 Å². The van der Waals surface area contributed by atoms with Gasteiger partial charge in [-0.3, -0.25) is 4.79 Å². The van der Waals surface area contributed by atoms with E-state index in [-0.39, 0.29) is 16.6 Å². The molecular weight excluding hydrogens is 269 g/mol. The minimum atomic E-state index is -4.45. The molecule has 0 bridgehead atoms. The fourth-order valence-electron chi connectivity index (χ4n) is 1.84. The third-order valence-electron chi connectivity index (χ3n) is 2.81. The highest BCUT2D eigenvalue weighted by molar-refractivity contribution is 6.34. The standard InChI is InChI=1S/C11H10ClF3N2O/c12-7-5-6(11(13,14)15)1-2-9(7)17-4-3-8(16)10(17)18/h1-2,5,8H,3-4,16H2. The van der Waals surface area contributed by atoms with Gasteiger partial charge in [-0.15, -0.1) is 0 Å². The molecule has 1 atom stereocenters. The maximum Gasteiger partial charge on any atom is 0.416 e. The number of alkyl halides is 3. The van der Waals surface area contributed by atoms with Gasteiger partial charge in [0.05, 0.1) is 22.3 Å². The van der Waals surface area contributed by atoms with Gasteiger partial charge >= 0.3 is 6.18 Å². The van der Waals surface area contributed by atoms with Crippen molar-refractivity contribution in [1.82, 2.24) is 0 Å². The molecule has 0 aromatic heterocycles. The fraction of sp³-hybridized carbons (Fsp3) is 0.364. The molecule has 1 aliphatic rings. The zero-order valence-corrected chi connectivity index (χ0v) is 9.92. The molecule has 1 aromatic rings. The van der Waals surface area contributed by atoms with E-state index < -0.39 is 17.8 Å². The van der Waals surface area contributed by atoms with Gasteiger partial charge in [0.1, 0.15) is 0 Å². The van der Waals surface area contributed by atoms with E-state index in [1.54, 1.807) is 0 Å². The van der Waals surface area contributed by atoms with Crippen LogP contribution in [-0.2, 0) is 11.0 Å². The minimum Gasteiger partial charge on any atom is -0.320 e. The lowest BCUT2D eigenvalue weighted by molar-refractivity contribution is -0.137. The van der Waals surface area contributed by atoms with Crippen molar-refractivity contribution in [3.05, 3.63) is 28.8 Å². The Hall–Kier alpha value is -1.27. The summed E-state index contributed by atoms with van der Waals surface area (Å²) in [4.78, 5) is 13.0. The second-order valence-electron chi connectivity index (χ2n) is 4.05. The topological polar surface area (TPSA) is 46.3 Å². The number of carbonyl (C=O) groups excluding carboxylic acids is 1. The predicted octanol–water partition coefficient (Wildman–Crippen LogP) is 2.42. The van der Waals surface area contributed by atoms with Gasteiger partial charge in [0, 0.05) is 6.54 Å². The van der Waals surface area contributed by atoms with Gasteiger partial charge in [0.25, 0.3) is 0 Å². The van der Waals surface area contributed by atoms with E-state index in [9.17, 15) is 18.0 Å². The van der Waals surface area contributed by atoms with Crippen molar-refractivity contribution in [2.24, 2.45) is 5.73 Å². The number of hydrogen-bond acceptors (Lipinski definition) is 2. The Balaban J connectivity index is 2.34. The first kappa shape index (κ1) is 13.2. The molecule has 1 fully saturated rings. The molecule has 2 rings (SSSR count). The maximum atomic E-state index is 12.5. The second-order valence-corrected chi connectivity index (χ2v) is 4.46. The van der Waals surface area contributed by atoms with Crippen LogP contribution in [-0.4, -0.2) is 18.5 Å². The third kappa shape index (κ3) is 2.30. The first-order chi connectivity index (χ1) is 8.30. The second kappa shape index (κ2) is 4.44. The number of halogens is 4. The van der Waals surface area contributed by atoms with Gasteiger partial charge in [-0.1, -0.05) is 11.6 Å². The molecule has 0 saturated carbocycles. The number of amides is 1. The molecule has 98 valence electrons. The number of rotatable bonds is 1. The monoisotopic (exact) mass is 278 g/mol. The lowest BCUT2D eigenvalue weighted by Crippen LogP contribution is -2.34. The molecule has 3 nitrogen and oxygen atoms in total. The van der Waals surface area contributed by atoms with E-state index >= 15 is 0 Å². The summed E-state index contributed by atoms with van der Waals surface area (Å²) in [6, 6.07) is 2.30. The van der Waals surface area contributed by atoms with Crippen LogP contribution in [0.1, 0.15) is 12.0 Å². The van der Waals surface area contributed by atoms with Crippen molar-refractivity contribution in [1.29, 1.82) is 0 Å². The summed E-state index contributed by atoms with van der Waals surface area (Å²) in [6.45, 7) is 0.366. The normalized spacial score (nSPS) is 20.6. The molecule has 0 aliphatic carbocycles. The lowest BCUT2D eigenvalue weighted by atomic mass is 10.2. The summed E-state index contributed by atoms with van der Waals surface area (Å²) < 4.78 is 37.4. The van der Waals surface area contributed by atoms with Crippen LogP contribution in [0, 0.1) is 0 Å². The summed E-state index contributed by atoms with van der Waals surface area (Å²) >= 11 is 5.79. The van der Waals surface area contributed by atoms with Gasteiger partial charge < -0.3 is 10.6 Å². The Morgan fingerprint density at radius 3 is 2.50 bits per heavy atom. The summed E-state index contributed by atoms with van der Waals surface area (Å²) in [5, 5.41) is -0.104. The van der Waals surface area contributed by atoms with Crippen LogP contribution >= 0.6 is 11.6 Å². The van der Waals surface area contributed by atoms with Crippen LogP contribution in [0.3, 0.4) is 0 Å². The summed E-state index contributed by atoms with van der Waals surface area (Å²) in [6.07, 6.45) is -3.98. The Bertz CT molecular complexity index is 490. The molecule has 1 aliphatic heterocycles. The van der Waals surface area contributed by atoms with E-state index in [0.29, 0.717) is 13.0 Å². The quantitative estimate of drug-likeness (QED) is 0.857. The predicted molar refractivity (Wildman–Crippen MR) is 61.4 cm³/mol. The van der Waals surface area contributed by atoms with Crippen molar-refractivity contribution in [2.45, 2.75) is 18.6 Å². The molecule has 2 N–H and O–H groups in total. The Morgan fingerprint density at radius 2 is 2.06 bits per heavy atom. The summed E-state index contributed by atoms with van der Waals surface area (Å²) in [7, 11) is 0. The Labute approximate surface area is 106 Å². The van der Waals surface area contributed by atoms with E-state index in [4.69, 9.17) is 17.3 Å². The molecule has 1 aromatic carbocycles. The van der Waals surface area contributed by atoms with Crippen molar-refractivity contribution in [2.75, 3.05) is 11.4 Å². The summed E-state index contributed by atoms with van der Waals surface area (Å²) in [5.41, 5.74) is 4.97. The number of nitrogens with zero attached hydrogens (tertiary/aromatic N) is 1. The van der Waals surface area contributed by atoms with Crippen LogP contribution in [0.5, 0.6) is 0 Å². The van der Waals surface area contributed by atoms with Crippen LogP contribution < -0.4 is 10.6 Å². The van der Waals surface area contributed by atoms with Crippen LogP contribution in [0.15, 0.2) is 18.2 Å². The van der Waals surface area contributed by atoms with E-state index in [1.165, 1.54) is 11.0 Å². The minimum absolute atomic E-state index is 0.104. The van der Waals surface area contributed by atoms with Gasteiger partial charge in [-0.05, 0) is 24.6 Å². The molecule has 1 saturated heterocycles. The number of anilines is 1. The van der Waals surface area contributed by atoms with Gasteiger partial charge in [0.2, 0.25) is 5.91 Å². The highest BCUT2D eigenvalue weighted by Crippen LogP contribution is 2.36. The van der Waals surface area contributed by atoms with Gasteiger partial charge in [-0.25, -0.2) is 0 Å². The van der Waals surface area contributed by atoms with Crippen LogP contribution in [0.2, 0.25) is 5.02 Å². The number of carbonyl (C=O) groups is 1. The smallest absolute Gasteiger partial charge is 0.320 e. The van der Waals surface area contributed by atoms with Crippen molar-refractivity contribution < 1.29 is 18.0 Å². The summed E-state index contributed by atoms with van der Waals surface area (Å²) in [5.74, 6) is -0.323. The average Bonchev–Trinajstić information content (AvgIpc) is 2.59. The van der Waals surface area contributed by atoms with E-state index in [1.807, 2.05) is 0 Å². The largest absolute Gasteiger partial charge is 0.416 e. The van der Waals surface area contributed by atoms with Crippen LogP contribution in [0.4, 0.5) is 18.9 Å². The van der Waals surface area contributed by atoms with Gasteiger partial charge in [-0.2, -0.15) is 13.2 Å². The molecule has 0 radical (unpaired) electrons.